The highest BCUT2D eigenvalue weighted by molar-refractivity contribution is 6.32. The fourth-order valence-corrected chi connectivity index (χ4v) is 3.59. The molecule has 0 radical (unpaired) electrons. The second-order valence-corrected chi connectivity index (χ2v) is 6.88. The molecule has 0 aromatic heterocycles. The van der Waals surface area contributed by atoms with Gasteiger partial charge in [0.05, 0.1) is 5.02 Å². The van der Waals surface area contributed by atoms with E-state index in [1.165, 1.54) is 0 Å². The summed E-state index contributed by atoms with van der Waals surface area (Å²) in [6.45, 7) is 6.38. The molecule has 0 N–H and O–H groups in total. The van der Waals surface area contributed by atoms with Gasteiger partial charge in [0, 0.05) is 32.3 Å². The number of likely N-dealkylation sites (N-methyl/N-ethyl adjacent to an activating group) is 1. The van der Waals surface area contributed by atoms with Crippen LogP contribution in [0.1, 0.15) is 25.3 Å². The minimum atomic E-state index is 0.0148. The number of carbonyl (C=O) groups is 1. The minimum Gasteiger partial charge on any atom is -0.486 e. The zero-order chi connectivity index (χ0) is 17.8. The molecule has 2 heterocycles. The Labute approximate surface area is 154 Å². The van der Waals surface area contributed by atoms with Crippen molar-refractivity contribution in [3.8, 4) is 11.5 Å². The van der Waals surface area contributed by atoms with Crippen LogP contribution in [0, 0.1) is 0 Å². The summed E-state index contributed by atoms with van der Waals surface area (Å²) in [5.74, 6) is 1.23. The Kier molecular flexibility index (Phi) is 5.86. The Morgan fingerprint density at radius 2 is 2.04 bits per heavy atom. The van der Waals surface area contributed by atoms with Gasteiger partial charge in [-0.3, -0.25) is 4.79 Å². The van der Waals surface area contributed by atoms with E-state index in [1.54, 1.807) is 18.2 Å². The first-order chi connectivity index (χ1) is 12.1. The van der Waals surface area contributed by atoms with Crippen LogP contribution in [-0.2, 0) is 4.79 Å². The maximum Gasteiger partial charge on any atom is 0.246 e. The number of nitrogens with zero attached hydrogens (tertiary/aromatic N) is 2. The lowest BCUT2D eigenvalue weighted by atomic mass is 10.0. The van der Waals surface area contributed by atoms with E-state index in [1.807, 2.05) is 18.0 Å². The lowest BCUT2D eigenvalue weighted by Gasteiger charge is -2.35. The second-order valence-electron chi connectivity index (χ2n) is 6.47. The number of halogens is 1. The van der Waals surface area contributed by atoms with Gasteiger partial charge in [0.2, 0.25) is 5.91 Å². The predicted octanol–water partition coefficient (Wildman–Crippen LogP) is 3.07. The van der Waals surface area contributed by atoms with Crippen molar-refractivity contribution < 1.29 is 14.3 Å². The first-order valence-electron chi connectivity index (χ1n) is 8.85. The van der Waals surface area contributed by atoms with Gasteiger partial charge in [-0.1, -0.05) is 18.5 Å². The number of fused-ring (bicyclic) bond motifs is 1. The first-order valence-corrected chi connectivity index (χ1v) is 9.22. The number of amides is 1. The van der Waals surface area contributed by atoms with E-state index in [2.05, 4.69) is 11.8 Å². The van der Waals surface area contributed by atoms with Gasteiger partial charge in [-0.05, 0) is 43.2 Å². The topological polar surface area (TPSA) is 42.0 Å². The van der Waals surface area contributed by atoms with Gasteiger partial charge >= 0.3 is 0 Å². The quantitative estimate of drug-likeness (QED) is 0.770. The van der Waals surface area contributed by atoms with E-state index >= 15 is 0 Å². The number of likely N-dealkylation sites (tertiary alicyclic amines) is 1. The second kappa shape index (κ2) is 8.11. The van der Waals surface area contributed by atoms with Crippen molar-refractivity contribution in [2.45, 2.75) is 25.8 Å². The normalized spacial score (nSPS) is 18.5. The Hall–Kier alpha value is -1.72. The van der Waals surface area contributed by atoms with E-state index in [0.717, 1.165) is 38.0 Å². The van der Waals surface area contributed by atoms with Gasteiger partial charge in [-0.2, -0.15) is 0 Å². The Morgan fingerprint density at radius 1 is 1.32 bits per heavy atom. The summed E-state index contributed by atoms with van der Waals surface area (Å²) in [5, 5.41) is 0.504. The third-order valence-electron chi connectivity index (χ3n) is 4.94. The third kappa shape index (κ3) is 4.28. The molecule has 1 saturated heterocycles. The van der Waals surface area contributed by atoms with Crippen LogP contribution < -0.4 is 9.47 Å². The van der Waals surface area contributed by atoms with Crippen LogP contribution in [-0.4, -0.2) is 61.6 Å². The van der Waals surface area contributed by atoms with Gasteiger partial charge in [0.15, 0.2) is 11.5 Å². The molecule has 1 amide bonds. The first kappa shape index (κ1) is 18.1. The van der Waals surface area contributed by atoms with Crippen molar-refractivity contribution in [1.82, 2.24) is 9.80 Å². The minimum absolute atomic E-state index is 0.0148. The molecule has 3 rings (SSSR count). The fourth-order valence-electron chi connectivity index (χ4n) is 3.31. The predicted molar refractivity (Wildman–Crippen MR) is 99.4 cm³/mol. The van der Waals surface area contributed by atoms with E-state index in [-0.39, 0.29) is 5.91 Å². The van der Waals surface area contributed by atoms with Crippen LogP contribution in [0.15, 0.2) is 18.2 Å². The van der Waals surface area contributed by atoms with Gasteiger partial charge in [-0.25, -0.2) is 0 Å². The molecule has 2 aliphatic rings. The summed E-state index contributed by atoms with van der Waals surface area (Å²) >= 11 is 6.24. The lowest BCUT2D eigenvalue weighted by molar-refractivity contribution is -0.127. The van der Waals surface area contributed by atoms with E-state index in [0.29, 0.717) is 35.8 Å². The zero-order valence-corrected chi connectivity index (χ0v) is 15.6. The molecule has 0 bridgehead atoms. The van der Waals surface area contributed by atoms with Gasteiger partial charge in [0.1, 0.15) is 13.2 Å². The summed E-state index contributed by atoms with van der Waals surface area (Å²) in [7, 11) is 1.88. The zero-order valence-electron chi connectivity index (χ0n) is 14.8. The Bertz CT molecular complexity index is 654. The number of hydrogen-bond donors (Lipinski definition) is 0. The molecular formula is C19H25ClN2O3. The van der Waals surface area contributed by atoms with Crippen molar-refractivity contribution in [3.63, 3.8) is 0 Å². The average molecular weight is 365 g/mol. The van der Waals surface area contributed by atoms with Gasteiger partial charge in [-0.15, -0.1) is 0 Å². The fraction of sp³-hybridized carbons (Fsp3) is 0.526. The maximum atomic E-state index is 12.5. The number of benzene rings is 1. The molecule has 0 atom stereocenters. The number of piperidine rings is 1. The van der Waals surface area contributed by atoms with Crippen LogP contribution in [0.3, 0.4) is 0 Å². The van der Waals surface area contributed by atoms with Crippen molar-refractivity contribution in [2.24, 2.45) is 0 Å². The molecule has 136 valence electrons. The van der Waals surface area contributed by atoms with E-state index in [4.69, 9.17) is 21.1 Å². The highest BCUT2D eigenvalue weighted by Gasteiger charge is 2.23. The van der Waals surface area contributed by atoms with E-state index in [9.17, 15) is 4.79 Å². The maximum absolute atomic E-state index is 12.5. The highest BCUT2D eigenvalue weighted by Crippen LogP contribution is 2.38. The number of carbonyl (C=O) groups excluding carboxylic acids is 1. The molecule has 1 fully saturated rings. The summed E-state index contributed by atoms with van der Waals surface area (Å²) in [5.41, 5.74) is 0.830. The third-order valence-corrected chi connectivity index (χ3v) is 5.22. The van der Waals surface area contributed by atoms with Gasteiger partial charge < -0.3 is 19.3 Å². The molecule has 0 aliphatic carbocycles. The van der Waals surface area contributed by atoms with Crippen LogP contribution in [0.4, 0.5) is 0 Å². The van der Waals surface area contributed by atoms with Crippen molar-refractivity contribution in [2.75, 3.05) is 39.9 Å². The number of ether oxygens (including phenoxy) is 2. The summed E-state index contributed by atoms with van der Waals surface area (Å²) in [6.07, 6.45) is 5.44. The summed E-state index contributed by atoms with van der Waals surface area (Å²) in [4.78, 5) is 16.7. The smallest absolute Gasteiger partial charge is 0.246 e. The molecule has 1 aromatic rings. The molecule has 5 nitrogen and oxygen atoms in total. The van der Waals surface area contributed by atoms with Gasteiger partial charge in [0.25, 0.3) is 0 Å². The Balaban J connectivity index is 1.63. The highest BCUT2D eigenvalue weighted by atomic mass is 35.5. The molecular weight excluding hydrogens is 340 g/mol. The van der Waals surface area contributed by atoms with Crippen molar-refractivity contribution in [1.29, 1.82) is 0 Å². The molecule has 25 heavy (non-hydrogen) atoms. The SMILES string of the molecule is CCN1CCC(N(C)C(=O)/C=C/c2cc(Cl)c3c(c2)OCCO3)CC1. The molecule has 6 heteroatoms. The number of rotatable bonds is 4. The largest absolute Gasteiger partial charge is 0.486 e. The molecule has 0 spiro atoms. The van der Waals surface area contributed by atoms with Crippen LogP contribution in [0.5, 0.6) is 11.5 Å². The van der Waals surface area contributed by atoms with Crippen LogP contribution >= 0.6 is 11.6 Å². The molecule has 0 saturated carbocycles. The average Bonchev–Trinajstić information content (AvgIpc) is 2.65. The number of hydrogen-bond acceptors (Lipinski definition) is 4. The summed E-state index contributed by atoms with van der Waals surface area (Å²) in [6, 6.07) is 3.95. The lowest BCUT2D eigenvalue weighted by Crippen LogP contribution is -2.45. The standard InChI is InChI=1S/C19H25ClN2O3/c1-3-22-8-6-15(7-9-22)21(2)18(23)5-4-14-12-16(20)19-17(13-14)24-10-11-25-19/h4-5,12-13,15H,3,6-11H2,1-2H3/b5-4+. The van der Waals surface area contributed by atoms with Crippen molar-refractivity contribution in [3.05, 3.63) is 28.8 Å². The molecule has 2 aliphatic heterocycles. The Morgan fingerprint density at radius 3 is 2.76 bits per heavy atom. The van der Waals surface area contributed by atoms with E-state index < -0.39 is 0 Å². The molecule has 1 aromatic carbocycles. The monoisotopic (exact) mass is 364 g/mol. The van der Waals surface area contributed by atoms with Crippen molar-refractivity contribution >= 4 is 23.6 Å². The van der Waals surface area contributed by atoms with Crippen LogP contribution in [0.25, 0.3) is 6.08 Å². The summed E-state index contributed by atoms with van der Waals surface area (Å²) < 4.78 is 11.1. The molecule has 0 unspecified atom stereocenters. The van der Waals surface area contributed by atoms with Crippen LogP contribution in [0.2, 0.25) is 5.02 Å².